The molecule has 1 N–H and O–H groups in total. The van der Waals surface area contributed by atoms with E-state index in [2.05, 4.69) is 14.6 Å². The number of rotatable bonds is 6. The number of likely N-dealkylation sites (tertiary alicyclic amines) is 1. The molecule has 1 aromatic carbocycles. The van der Waals surface area contributed by atoms with E-state index in [0.29, 0.717) is 36.2 Å². The van der Waals surface area contributed by atoms with E-state index >= 15 is 0 Å². The topological polar surface area (TPSA) is 28.3 Å². The molecule has 2 aromatic rings. The van der Waals surface area contributed by atoms with Crippen molar-refractivity contribution in [3.63, 3.8) is 0 Å². The van der Waals surface area contributed by atoms with E-state index in [1.807, 2.05) is 18.5 Å². The second kappa shape index (κ2) is 7.15. The van der Waals surface area contributed by atoms with Crippen LogP contribution in [-0.2, 0) is 11.2 Å². The van der Waals surface area contributed by atoms with Crippen LogP contribution in [0, 0.1) is 5.82 Å². The summed E-state index contributed by atoms with van der Waals surface area (Å²) >= 11 is 1.38. The number of H-pyrrole nitrogens is 1. The molecule has 1 saturated heterocycles. The molecule has 0 unspecified atom stereocenters. The van der Waals surface area contributed by atoms with Crippen molar-refractivity contribution in [2.75, 3.05) is 25.9 Å². The van der Waals surface area contributed by atoms with Gasteiger partial charge in [0.1, 0.15) is 5.82 Å². The van der Waals surface area contributed by atoms with Crippen LogP contribution in [0.1, 0.15) is 12.0 Å². The number of ether oxygens (including phenoxy) is 1. The Kier molecular flexibility index (Phi) is 5.18. The van der Waals surface area contributed by atoms with Gasteiger partial charge in [-0.1, -0.05) is 0 Å². The zero-order chi connectivity index (χ0) is 16.4. The Balaban J connectivity index is 1.66. The van der Waals surface area contributed by atoms with Gasteiger partial charge in [0, 0.05) is 41.6 Å². The fourth-order valence-electron chi connectivity index (χ4n) is 3.12. The summed E-state index contributed by atoms with van der Waals surface area (Å²) in [6.07, 6.45) is 4.57. The smallest absolute Gasteiger partial charge is 0.345 e. The van der Waals surface area contributed by atoms with Crippen LogP contribution in [0.2, 0.25) is 0 Å². The van der Waals surface area contributed by atoms with Gasteiger partial charge >= 0.3 is 6.61 Å². The Bertz CT molecular complexity index is 677. The van der Waals surface area contributed by atoms with Crippen molar-refractivity contribution in [3.8, 4) is 0 Å². The molecular weight excluding hydrogens is 325 g/mol. The van der Waals surface area contributed by atoms with Crippen molar-refractivity contribution in [1.82, 2.24) is 9.88 Å². The molecule has 0 bridgehead atoms. The fraction of sp³-hybridized carbons (Fsp3) is 0.500. The lowest BCUT2D eigenvalue weighted by Gasteiger charge is -2.15. The number of nitrogens with zero attached hydrogens (tertiary/aromatic N) is 1. The van der Waals surface area contributed by atoms with E-state index in [0.717, 1.165) is 17.6 Å². The summed E-state index contributed by atoms with van der Waals surface area (Å²) in [5.41, 5.74) is 1.71. The van der Waals surface area contributed by atoms with Gasteiger partial charge in [-0.25, -0.2) is 4.39 Å². The van der Waals surface area contributed by atoms with E-state index in [4.69, 9.17) is 0 Å². The van der Waals surface area contributed by atoms with Crippen molar-refractivity contribution in [2.24, 2.45) is 0 Å². The van der Waals surface area contributed by atoms with Crippen molar-refractivity contribution < 1.29 is 17.9 Å². The first-order chi connectivity index (χ1) is 11.1. The monoisotopic (exact) mass is 344 g/mol. The highest BCUT2D eigenvalue weighted by molar-refractivity contribution is 7.98. The summed E-state index contributed by atoms with van der Waals surface area (Å²) in [7, 11) is 0. The normalized spacial score (nSPS) is 19.3. The molecule has 1 atom stereocenters. The second-order valence-electron chi connectivity index (χ2n) is 5.68. The maximum Gasteiger partial charge on any atom is 0.345 e. The number of benzene rings is 1. The first-order valence-electron chi connectivity index (χ1n) is 7.57. The average molecular weight is 344 g/mol. The Labute approximate surface area is 137 Å². The zero-order valence-electron chi connectivity index (χ0n) is 12.8. The Hall–Kier alpha value is -1.18. The van der Waals surface area contributed by atoms with Gasteiger partial charge < -0.3 is 14.6 Å². The van der Waals surface area contributed by atoms with Crippen LogP contribution in [0.3, 0.4) is 0 Å². The van der Waals surface area contributed by atoms with Crippen LogP contribution in [0.15, 0.2) is 23.2 Å². The standard InChI is InChI=1S/C16H19F3N2OS/c1-23-13-3-2-12-14(15(13)17)10(8-20-12)4-6-21-7-5-11(9-21)22-16(18)19/h2-3,8,11,16,20H,4-7,9H2,1H3/t11-/m0/s1. The average Bonchev–Trinajstić information content (AvgIpc) is 3.12. The molecule has 0 spiro atoms. The SMILES string of the molecule is CSc1ccc2[nH]cc(CCN3CC[C@H](OC(F)F)C3)c2c1F. The predicted octanol–water partition coefficient (Wildman–Crippen LogP) is 3.88. The lowest BCUT2D eigenvalue weighted by molar-refractivity contribution is -0.158. The number of hydrogen-bond acceptors (Lipinski definition) is 3. The summed E-state index contributed by atoms with van der Waals surface area (Å²) in [5.74, 6) is -0.188. The lowest BCUT2D eigenvalue weighted by atomic mass is 10.1. The molecule has 3 nitrogen and oxygen atoms in total. The maximum absolute atomic E-state index is 14.5. The van der Waals surface area contributed by atoms with Gasteiger partial charge in [-0.15, -0.1) is 11.8 Å². The minimum atomic E-state index is -2.72. The molecule has 0 radical (unpaired) electrons. The summed E-state index contributed by atoms with van der Waals surface area (Å²) in [6.45, 7) is -0.768. The van der Waals surface area contributed by atoms with E-state index in [1.54, 1.807) is 6.07 Å². The van der Waals surface area contributed by atoms with Crippen LogP contribution in [0.25, 0.3) is 10.9 Å². The van der Waals surface area contributed by atoms with E-state index in [-0.39, 0.29) is 5.82 Å². The van der Waals surface area contributed by atoms with Crippen LogP contribution in [-0.4, -0.2) is 48.5 Å². The fourth-order valence-corrected chi connectivity index (χ4v) is 3.60. The van der Waals surface area contributed by atoms with Crippen molar-refractivity contribution >= 4 is 22.7 Å². The largest absolute Gasteiger partial charge is 0.361 e. The highest BCUT2D eigenvalue weighted by atomic mass is 32.2. The minimum absolute atomic E-state index is 0.188. The number of aromatic amines is 1. The predicted molar refractivity (Wildman–Crippen MR) is 85.7 cm³/mol. The number of thioether (sulfide) groups is 1. The lowest BCUT2D eigenvalue weighted by Crippen LogP contribution is -2.26. The molecule has 2 heterocycles. The number of nitrogens with one attached hydrogen (secondary N) is 1. The number of halogens is 3. The molecule has 3 rings (SSSR count). The molecular formula is C16H19F3N2OS. The van der Waals surface area contributed by atoms with Gasteiger partial charge in [0.25, 0.3) is 0 Å². The van der Waals surface area contributed by atoms with E-state index in [9.17, 15) is 13.2 Å². The van der Waals surface area contributed by atoms with Crippen molar-refractivity contribution in [3.05, 3.63) is 29.7 Å². The van der Waals surface area contributed by atoms with Crippen molar-refractivity contribution in [1.29, 1.82) is 0 Å². The first kappa shape index (κ1) is 16.7. The van der Waals surface area contributed by atoms with Crippen LogP contribution < -0.4 is 0 Å². The van der Waals surface area contributed by atoms with Gasteiger partial charge in [0.15, 0.2) is 0 Å². The molecule has 7 heteroatoms. The van der Waals surface area contributed by atoms with Crippen LogP contribution in [0.5, 0.6) is 0 Å². The van der Waals surface area contributed by atoms with Gasteiger partial charge in [-0.3, -0.25) is 0 Å². The van der Waals surface area contributed by atoms with Crippen molar-refractivity contribution in [2.45, 2.75) is 30.5 Å². The van der Waals surface area contributed by atoms with Gasteiger partial charge in [-0.2, -0.15) is 8.78 Å². The molecule has 1 aliphatic rings. The highest BCUT2D eigenvalue weighted by Crippen LogP contribution is 2.29. The summed E-state index contributed by atoms with van der Waals surface area (Å²) in [5, 5.41) is 0.636. The van der Waals surface area contributed by atoms with E-state index in [1.165, 1.54) is 11.8 Å². The molecule has 126 valence electrons. The van der Waals surface area contributed by atoms with Crippen LogP contribution >= 0.6 is 11.8 Å². The molecule has 23 heavy (non-hydrogen) atoms. The molecule has 1 aromatic heterocycles. The molecule has 1 aliphatic heterocycles. The van der Waals surface area contributed by atoms with E-state index < -0.39 is 12.7 Å². The quantitative estimate of drug-likeness (QED) is 0.806. The zero-order valence-corrected chi connectivity index (χ0v) is 13.6. The molecule has 1 fully saturated rings. The van der Waals surface area contributed by atoms with Crippen LogP contribution in [0.4, 0.5) is 13.2 Å². The minimum Gasteiger partial charge on any atom is -0.361 e. The number of aromatic nitrogens is 1. The maximum atomic E-state index is 14.5. The third-order valence-corrected chi connectivity index (χ3v) is 5.03. The first-order valence-corrected chi connectivity index (χ1v) is 8.79. The van der Waals surface area contributed by atoms with Gasteiger partial charge in [0.05, 0.1) is 6.10 Å². The van der Waals surface area contributed by atoms with Gasteiger partial charge in [0.2, 0.25) is 0 Å². The highest BCUT2D eigenvalue weighted by Gasteiger charge is 2.25. The Morgan fingerprint density at radius 1 is 1.43 bits per heavy atom. The molecule has 0 aliphatic carbocycles. The number of fused-ring (bicyclic) bond motifs is 1. The number of hydrogen-bond donors (Lipinski definition) is 1. The Morgan fingerprint density at radius 3 is 3.00 bits per heavy atom. The third kappa shape index (κ3) is 3.67. The Morgan fingerprint density at radius 2 is 2.26 bits per heavy atom. The third-order valence-electron chi connectivity index (χ3n) is 4.27. The molecule has 0 saturated carbocycles. The summed E-state index contributed by atoms with van der Waals surface area (Å²) < 4.78 is 43.5. The summed E-state index contributed by atoms with van der Waals surface area (Å²) in [6, 6.07) is 3.66. The summed E-state index contributed by atoms with van der Waals surface area (Å²) in [4.78, 5) is 5.81. The number of alkyl halides is 2. The second-order valence-corrected chi connectivity index (χ2v) is 6.52. The van der Waals surface area contributed by atoms with Gasteiger partial charge in [-0.05, 0) is 36.8 Å². The molecule has 0 amide bonds.